The summed E-state index contributed by atoms with van der Waals surface area (Å²) in [4.78, 5) is 53.8. The number of para-hydroxylation sites is 1. The summed E-state index contributed by atoms with van der Waals surface area (Å²) in [6, 6.07) is 2.81. The second kappa shape index (κ2) is 7.22. The number of nitrogens with zero attached hydrogens (tertiary/aromatic N) is 1. The fraction of sp³-hybridized carbons (Fsp3) is 0.150. The third-order valence-corrected chi connectivity index (χ3v) is 4.90. The van der Waals surface area contributed by atoms with Crippen LogP contribution in [0.25, 0.3) is 5.76 Å². The summed E-state index contributed by atoms with van der Waals surface area (Å²) in [5.41, 5.74) is 1.62. The average Bonchev–Trinajstić information content (AvgIpc) is 2.71. The van der Waals surface area contributed by atoms with Crippen molar-refractivity contribution in [2.24, 2.45) is 4.99 Å². The smallest absolute Gasteiger partial charge is 0.205 e. The maximum Gasteiger partial charge on any atom is 0.205 e. The predicted molar refractivity (Wildman–Crippen MR) is 94.1 cm³/mol. The Labute approximate surface area is 172 Å². The van der Waals surface area contributed by atoms with E-state index >= 15 is 0 Å². The van der Waals surface area contributed by atoms with E-state index < -0.39 is 53.1 Å². The average molecular weight is 423 g/mol. The molecule has 0 radical (unpaired) electrons. The van der Waals surface area contributed by atoms with Gasteiger partial charge in [0.15, 0.2) is 11.2 Å². The number of nitrogens with one attached hydrogen (secondary N) is 1. The second-order valence-electron chi connectivity index (χ2n) is 6.96. The highest BCUT2D eigenvalue weighted by molar-refractivity contribution is 6.06. The van der Waals surface area contributed by atoms with Gasteiger partial charge in [-0.3, -0.25) is 14.6 Å². The quantitative estimate of drug-likeness (QED) is 0.485. The molecule has 1 aliphatic heterocycles. The van der Waals surface area contributed by atoms with Gasteiger partial charge >= 0.3 is 0 Å². The van der Waals surface area contributed by atoms with Crippen LogP contribution in [0.5, 0.6) is 5.75 Å². The Morgan fingerprint density at radius 3 is 2.65 bits per heavy atom. The van der Waals surface area contributed by atoms with Gasteiger partial charge in [0.05, 0.1) is 28.9 Å². The maximum atomic E-state index is 12.6. The normalized spacial score (nSPS) is 18.3. The van der Waals surface area contributed by atoms with Crippen molar-refractivity contribution in [2.45, 2.75) is 18.5 Å². The molecule has 2 atom stereocenters. The van der Waals surface area contributed by atoms with Crippen LogP contribution in [-0.4, -0.2) is 28.7 Å². The Hall–Kier alpha value is -4.25. The molecule has 2 aliphatic rings. The van der Waals surface area contributed by atoms with Crippen molar-refractivity contribution in [1.82, 2.24) is 4.98 Å². The largest absolute Gasteiger partial charge is 0.875 e. The first-order chi connectivity index (χ1) is 14.7. The van der Waals surface area contributed by atoms with E-state index in [0.717, 1.165) is 12.1 Å². The molecule has 4 N–H and O–H groups in total. The molecular weight excluding hydrogens is 410 g/mol. The van der Waals surface area contributed by atoms with E-state index in [2.05, 4.69) is 15.7 Å². The Kier molecular flexibility index (Phi) is 4.67. The minimum atomic E-state index is -1.66. The van der Waals surface area contributed by atoms with Crippen LogP contribution in [0, 0.1) is 0 Å². The number of allylic oxidation sites excluding steroid dienone is 1. The molecule has 158 valence electrons. The van der Waals surface area contributed by atoms with Crippen molar-refractivity contribution in [2.75, 3.05) is 0 Å². The molecule has 0 saturated heterocycles. The van der Waals surface area contributed by atoms with Crippen LogP contribution < -0.4 is 41.8 Å². The number of rotatable bonds is 4. The first kappa shape index (κ1) is 20.0. The number of fused-ring (bicyclic) bond motifs is 4. The standard InChI is InChI=1S/C20H15N3O8/c21-8(19(27)28)4-10(24)7-2-1-3-13-16(7)23-18-14(31-13)6-12(26)17-15(18)11(25)5-9(22-17)20(29)30/h1-3,5-6,8,18,24H,4,21H2,(H,22,25)(H,27,28)(H,29,30)/p-2/b10-7-. The molecule has 0 saturated carbocycles. The van der Waals surface area contributed by atoms with Crippen molar-refractivity contribution >= 4 is 23.5 Å². The molecule has 0 fully saturated rings. The topological polar surface area (TPSA) is 202 Å². The van der Waals surface area contributed by atoms with Crippen LogP contribution >= 0.6 is 0 Å². The van der Waals surface area contributed by atoms with Gasteiger partial charge in [-0.15, -0.1) is 5.76 Å². The molecule has 11 nitrogen and oxygen atoms in total. The lowest BCUT2D eigenvalue weighted by Crippen LogP contribution is -2.68. The minimum absolute atomic E-state index is 0.0334. The number of aromatic amines is 1. The van der Waals surface area contributed by atoms with E-state index in [0.29, 0.717) is 0 Å². The minimum Gasteiger partial charge on any atom is -0.875 e. The number of aliphatic carboxylic acids is 1. The van der Waals surface area contributed by atoms with Crippen molar-refractivity contribution in [3.63, 3.8) is 0 Å². The molecule has 1 aliphatic carbocycles. The lowest BCUT2D eigenvalue weighted by atomic mass is 9.93. The van der Waals surface area contributed by atoms with Crippen molar-refractivity contribution in [1.29, 1.82) is 0 Å². The van der Waals surface area contributed by atoms with E-state index in [1.807, 2.05) is 0 Å². The van der Waals surface area contributed by atoms with Crippen LogP contribution in [0.3, 0.4) is 0 Å². The zero-order valence-electron chi connectivity index (χ0n) is 15.7. The van der Waals surface area contributed by atoms with Gasteiger partial charge in [0.25, 0.3) is 0 Å². The van der Waals surface area contributed by atoms with E-state index in [1.54, 1.807) is 0 Å². The number of carboxylic acid groups (broad SMARTS) is 2. The number of hydrogen-bond acceptors (Lipinski definition) is 9. The number of carboxylic acids is 2. The number of ketones is 1. The number of benzene rings is 1. The van der Waals surface area contributed by atoms with Gasteiger partial charge in [-0.2, -0.15) is 0 Å². The molecule has 31 heavy (non-hydrogen) atoms. The van der Waals surface area contributed by atoms with Crippen molar-refractivity contribution < 1.29 is 40.2 Å². The first-order valence-electron chi connectivity index (χ1n) is 9.00. The summed E-state index contributed by atoms with van der Waals surface area (Å²) in [5.74, 6) is -4.22. The van der Waals surface area contributed by atoms with Gasteiger partial charge in [-0.25, -0.2) is 0 Å². The molecule has 2 heterocycles. The molecule has 0 spiro atoms. The van der Waals surface area contributed by atoms with Crippen LogP contribution in [-0.2, 0) is 4.79 Å². The molecule has 1 aromatic carbocycles. The molecule has 0 amide bonds. The van der Waals surface area contributed by atoms with Crippen molar-refractivity contribution in [3.8, 4) is 5.75 Å². The highest BCUT2D eigenvalue weighted by atomic mass is 16.5. The number of aromatic carboxylic acids is 1. The number of carbonyl (C=O) groups is 3. The van der Waals surface area contributed by atoms with E-state index in [4.69, 9.17) is 4.74 Å². The molecule has 2 aromatic rings. The molecule has 4 rings (SSSR count). The molecule has 2 unspecified atom stereocenters. The summed E-state index contributed by atoms with van der Waals surface area (Å²) >= 11 is 0. The zero-order chi connectivity index (χ0) is 22.4. The monoisotopic (exact) mass is 423 g/mol. The highest BCUT2D eigenvalue weighted by Gasteiger charge is 2.34. The number of aromatic nitrogens is 1. The fourth-order valence-corrected chi connectivity index (χ4v) is 3.42. The molecular formula is C20H13N3O8-2. The molecule has 1 aromatic heterocycles. The van der Waals surface area contributed by atoms with Gasteiger partial charge < -0.3 is 40.4 Å². The van der Waals surface area contributed by atoms with Gasteiger partial charge in [-0.1, -0.05) is 12.1 Å². The van der Waals surface area contributed by atoms with Crippen LogP contribution in [0.1, 0.15) is 39.0 Å². The van der Waals surface area contributed by atoms with E-state index in [1.165, 1.54) is 18.2 Å². The SMILES string of the molecule is [NH3+]C(C/C([O-])=c1\cccc2c1=NC1C(=CC(=O)c3[nH]c(C(=O)[O-])cc(=O)c31)O2)C(=O)[O-]. The predicted octanol–water partition coefficient (Wildman–Crippen LogP) is -5.21. The Morgan fingerprint density at radius 1 is 1.23 bits per heavy atom. The van der Waals surface area contributed by atoms with Crippen LogP contribution in [0.15, 0.2) is 45.9 Å². The summed E-state index contributed by atoms with van der Waals surface area (Å²) in [5, 5.41) is 34.8. The van der Waals surface area contributed by atoms with Gasteiger partial charge in [0.1, 0.15) is 23.2 Å². The van der Waals surface area contributed by atoms with E-state index in [9.17, 15) is 34.5 Å². The van der Waals surface area contributed by atoms with Gasteiger partial charge in [-0.05, 0) is 11.3 Å². The number of hydrogen-bond donors (Lipinski definition) is 2. The van der Waals surface area contributed by atoms with Crippen molar-refractivity contribution in [3.05, 3.63) is 73.9 Å². The molecule has 0 bridgehead atoms. The van der Waals surface area contributed by atoms with Crippen LogP contribution in [0.4, 0.5) is 0 Å². The summed E-state index contributed by atoms with van der Waals surface area (Å²) in [6.07, 6.45) is 0.636. The lowest BCUT2D eigenvalue weighted by Gasteiger charge is -2.27. The molecule has 11 heteroatoms. The van der Waals surface area contributed by atoms with Crippen LogP contribution in [0.2, 0.25) is 0 Å². The second-order valence-corrected chi connectivity index (χ2v) is 6.96. The number of ether oxygens (including phenoxy) is 1. The summed E-state index contributed by atoms with van der Waals surface area (Å²) < 4.78 is 5.71. The lowest BCUT2D eigenvalue weighted by molar-refractivity contribution is -0.439. The summed E-state index contributed by atoms with van der Waals surface area (Å²) in [7, 11) is 0. The maximum absolute atomic E-state index is 12.6. The van der Waals surface area contributed by atoms with Gasteiger partial charge in [0, 0.05) is 18.6 Å². The number of carbonyl (C=O) groups excluding carboxylic acids is 3. The number of quaternary nitrogens is 1. The Morgan fingerprint density at radius 2 is 1.97 bits per heavy atom. The summed E-state index contributed by atoms with van der Waals surface area (Å²) in [6.45, 7) is 0. The Bertz CT molecular complexity index is 1370. The van der Waals surface area contributed by atoms with E-state index in [-0.39, 0.29) is 33.3 Å². The third kappa shape index (κ3) is 3.36. The third-order valence-electron chi connectivity index (χ3n) is 4.90. The number of pyridine rings is 1. The zero-order valence-corrected chi connectivity index (χ0v) is 15.7. The highest BCUT2D eigenvalue weighted by Crippen LogP contribution is 2.33. The fourth-order valence-electron chi connectivity index (χ4n) is 3.42. The Balaban J connectivity index is 1.95. The number of H-pyrrole nitrogens is 1. The van der Waals surface area contributed by atoms with Gasteiger partial charge in [0.2, 0.25) is 5.78 Å². The first-order valence-corrected chi connectivity index (χ1v) is 9.00.